The molecule has 1 rings (SSSR count). The molecule has 2 N–H and O–H groups in total. The van der Waals surface area contributed by atoms with Crippen LogP contribution in [-0.4, -0.2) is 37.7 Å². The summed E-state index contributed by atoms with van der Waals surface area (Å²) in [7, 11) is 0. The molecule has 8 heteroatoms. The molecular weight excluding hydrogens is 260 g/mol. The largest absolute Gasteiger partial charge is 0.434 e. The molecule has 1 heterocycles. The molecule has 0 saturated carbocycles. The molecule has 7 nitrogen and oxygen atoms in total. The van der Waals surface area contributed by atoms with Crippen molar-refractivity contribution < 1.29 is 10.0 Å². The van der Waals surface area contributed by atoms with E-state index in [1.165, 1.54) is 17.0 Å². The quantitative estimate of drug-likeness (QED) is 0.335. The van der Waals surface area contributed by atoms with Crippen molar-refractivity contribution in [1.29, 1.82) is 0 Å². The van der Waals surface area contributed by atoms with Crippen LogP contribution in [0.4, 0.5) is 5.95 Å². The second-order valence-electron chi connectivity index (χ2n) is 4.34. The van der Waals surface area contributed by atoms with Gasteiger partial charge in [-0.3, -0.25) is 5.32 Å². The molecule has 1 aromatic heterocycles. The van der Waals surface area contributed by atoms with Crippen LogP contribution in [0, 0.1) is 16.0 Å². The molecule has 0 radical (unpaired) electrons. The number of nitrogens with zero attached hydrogens (tertiary/aromatic N) is 3. The minimum absolute atomic E-state index is 0.102. The molecule has 0 fully saturated rings. The van der Waals surface area contributed by atoms with Gasteiger partial charge in [0.05, 0.1) is 18.1 Å². The van der Waals surface area contributed by atoms with Crippen LogP contribution in [0.1, 0.15) is 13.8 Å². The van der Waals surface area contributed by atoms with Crippen LogP contribution in [0.2, 0.25) is 0 Å². The fourth-order valence-electron chi connectivity index (χ4n) is 1.39. The van der Waals surface area contributed by atoms with Crippen LogP contribution in [0.5, 0.6) is 0 Å². The number of nitrogens with one attached hydrogen (secondary N) is 1. The highest BCUT2D eigenvalue weighted by Gasteiger charge is 2.18. The van der Waals surface area contributed by atoms with Gasteiger partial charge in [0.15, 0.2) is 0 Å². The van der Waals surface area contributed by atoms with E-state index in [0.717, 1.165) is 0 Å². The van der Waals surface area contributed by atoms with Gasteiger partial charge in [-0.1, -0.05) is 18.8 Å². The predicted molar refractivity (Wildman–Crippen MR) is 67.4 cm³/mol. The van der Waals surface area contributed by atoms with E-state index in [-0.39, 0.29) is 30.5 Å². The first-order valence-corrected chi connectivity index (χ1v) is 6.06. The van der Waals surface area contributed by atoms with Gasteiger partial charge in [-0.25, -0.2) is 4.57 Å². The summed E-state index contributed by atoms with van der Waals surface area (Å²) in [5, 5.41) is 23.3. The highest BCUT2D eigenvalue weighted by atomic mass is 35.5. The van der Waals surface area contributed by atoms with Crippen molar-refractivity contribution in [2.75, 3.05) is 6.54 Å². The first kappa shape index (κ1) is 14.9. The zero-order chi connectivity index (χ0) is 13.7. The molecule has 2 atom stereocenters. The molecule has 102 valence electrons. The molecule has 0 saturated heterocycles. The van der Waals surface area contributed by atoms with Gasteiger partial charge >= 0.3 is 5.95 Å². The highest BCUT2D eigenvalue weighted by molar-refractivity contribution is 6.20. The Labute approximate surface area is 110 Å². The number of hydrogen-bond donors (Lipinski definition) is 2. The third-order valence-corrected chi connectivity index (χ3v) is 3.06. The predicted octanol–water partition coefficient (Wildman–Crippen LogP) is 0.963. The van der Waals surface area contributed by atoms with Crippen molar-refractivity contribution in [3.8, 4) is 0 Å². The van der Waals surface area contributed by atoms with E-state index in [1.54, 1.807) is 0 Å². The zero-order valence-corrected chi connectivity index (χ0v) is 11.0. The van der Waals surface area contributed by atoms with Crippen LogP contribution in [0.25, 0.3) is 0 Å². The minimum Gasteiger partial charge on any atom is -0.390 e. The molecule has 18 heavy (non-hydrogen) atoms. The Morgan fingerprint density at radius 2 is 2.33 bits per heavy atom. The van der Waals surface area contributed by atoms with Crippen LogP contribution < -0.4 is 5.32 Å². The molecule has 0 bridgehead atoms. The van der Waals surface area contributed by atoms with Crippen molar-refractivity contribution in [2.24, 2.45) is 5.92 Å². The van der Waals surface area contributed by atoms with Gasteiger partial charge in [0.1, 0.15) is 12.4 Å². The van der Waals surface area contributed by atoms with Crippen molar-refractivity contribution in [2.45, 2.75) is 32.0 Å². The molecule has 0 aromatic carbocycles. The summed E-state index contributed by atoms with van der Waals surface area (Å²) in [5.41, 5.74) is -0.238. The lowest BCUT2D eigenvalue weighted by Gasteiger charge is -2.17. The van der Waals surface area contributed by atoms with Crippen LogP contribution in [0.3, 0.4) is 0 Å². The fraction of sp³-hybridized carbons (Fsp3) is 0.700. The first-order chi connectivity index (χ1) is 8.41. The van der Waals surface area contributed by atoms with Gasteiger partial charge < -0.3 is 15.2 Å². The van der Waals surface area contributed by atoms with Crippen LogP contribution in [-0.2, 0) is 6.54 Å². The molecule has 0 aliphatic carbocycles. The van der Waals surface area contributed by atoms with Crippen molar-refractivity contribution in [1.82, 2.24) is 14.9 Å². The normalized spacial score (nSPS) is 14.7. The monoisotopic (exact) mass is 276 g/mol. The number of aliphatic hydroxyl groups excluding tert-OH is 1. The molecule has 0 aliphatic heterocycles. The van der Waals surface area contributed by atoms with E-state index in [4.69, 9.17) is 11.6 Å². The molecule has 0 spiro atoms. The third-order valence-electron chi connectivity index (χ3n) is 2.40. The Hall–Kier alpha value is -1.18. The van der Waals surface area contributed by atoms with E-state index >= 15 is 0 Å². The third kappa shape index (κ3) is 4.25. The lowest BCUT2D eigenvalue weighted by molar-refractivity contribution is -0.397. The average Bonchev–Trinajstić information content (AvgIpc) is 2.73. The molecule has 0 amide bonds. The number of alkyl halides is 1. The number of imidazole rings is 1. The molecule has 0 aliphatic rings. The summed E-state index contributed by atoms with van der Waals surface area (Å²) in [6, 6.07) is 0. The van der Waals surface area contributed by atoms with Gasteiger partial charge in [-0.2, -0.15) is 0 Å². The summed E-state index contributed by atoms with van der Waals surface area (Å²) in [5.74, 6) is -0.0400. The highest BCUT2D eigenvalue weighted by Crippen LogP contribution is 2.09. The fourth-order valence-corrected chi connectivity index (χ4v) is 1.48. The lowest BCUT2D eigenvalue weighted by Crippen LogP contribution is -2.37. The molecular formula is C10H17ClN4O3. The smallest absolute Gasteiger partial charge is 0.390 e. The summed E-state index contributed by atoms with van der Waals surface area (Å²) in [6.07, 6.45) is 2.02. The number of halogens is 1. The van der Waals surface area contributed by atoms with Crippen molar-refractivity contribution >= 4 is 17.5 Å². The number of rotatable bonds is 7. The second-order valence-corrected chi connectivity index (χ2v) is 4.81. The van der Waals surface area contributed by atoms with E-state index in [2.05, 4.69) is 10.3 Å². The Balaban J connectivity index is 2.47. The maximum Gasteiger partial charge on any atom is 0.434 e. The minimum atomic E-state index is -0.766. The summed E-state index contributed by atoms with van der Waals surface area (Å²) >= 11 is 5.97. The van der Waals surface area contributed by atoms with E-state index in [1.807, 2.05) is 13.8 Å². The van der Waals surface area contributed by atoms with Gasteiger partial charge in [0.25, 0.3) is 0 Å². The number of hydrogen-bond acceptors (Lipinski definition) is 5. The van der Waals surface area contributed by atoms with Gasteiger partial charge in [-0.15, -0.1) is 11.6 Å². The van der Waals surface area contributed by atoms with Gasteiger partial charge in [0.2, 0.25) is 0 Å². The molecule has 2 unspecified atom stereocenters. The second kappa shape index (κ2) is 6.67. The Bertz CT molecular complexity index is 396. The lowest BCUT2D eigenvalue weighted by atomic mass is 10.2. The Morgan fingerprint density at radius 1 is 1.67 bits per heavy atom. The van der Waals surface area contributed by atoms with Crippen LogP contribution in [0.15, 0.2) is 12.4 Å². The maximum absolute atomic E-state index is 10.6. The van der Waals surface area contributed by atoms with Gasteiger partial charge in [-0.05, 0) is 10.8 Å². The topological polar surface area (TPSA) is 93.2 Å². The number of aromatic nitrogens is 2. The first-order valence-electron chi connectivity index (χ1n) is 5.63. The maximum atomic E-state index is 10.6. The Morgan fingerprint density at radius 3 is 2.89 bits per heavy atom. The summed E-state index contributed by atoms with van der Waals surface area (Å²) < 4.78 is 1.30. The van der Waals surface area contributed by atoms with E-state index in [9.17, 15) is 15.2 Å². The van der Waals surface area contributed by atoms with E-state index < -0.39 is 11.0 Å². The van der Waals surface area contributed by atoms with Crippen LogP contribution >= 0.6 is 11.6 Å². The standard InChI is InChI=1S/C10H17ClN4O3/c1-7(2)9(11)13-5-8(16)6-14-4-3-12-10(14)15(17)18/h3-4,7-9,13,16H,5-6H2,1-2H3. The van der Waals surface area contributed by atoms with Crippen molar-refractivity contribution in [3.05, 3.63) is 22.5 Å². The SMILES string of the molecule is CC(C)C(Cl)NCC(O)Cn1ccnc1[N+](=O)[O-]. The van der Waals surface area contributed by atoms with E-state index in [0.29, 0.717) is 0 Å². The molecule has 1 aromatic rings. The zero-order valence-electron chi connectivity index (χ0n) is 10.3. The number of aliphatic hydroxyl groups is 1. The number of nitro groups is 1. The summed E-state index contributed by atoms with van der Waals surface area (Å²) in [4.78, 5) is 13.6. The average molecular weight is 277 g/mol. The van der Waals surface area contributed by atoms with Gasteiger partial charge in [0, 0.05) is 6.54 Å². The summed E-state index contributed by atoms with van der Waals surface area (Å²) in [6.45, 7) is 4.28. The Kier molecular flexibility index (Phi) is 5.52. The van der Waals surface area contributed by atoms with Crippen molar-refractivity contribution in [3.63, 3.8) is 0 Å².